The Hall–Kier alpha value is -1.38. The second kappa shape index (κ2) is 10.4. The second-order valence-electron chi connectivity index (χ2n) is 6.38. The normalized spacial score (nSPS) is 11.0. The number of carbonyl (C=O) groups is 1. The van der Waals surface area contributed by atoms with Crippen molar-refractivity contribution in [2.24, 2.45) is 0 Å². The number of hydrogen-bond acceptors (Lipinski definition) is 3. The van der Waals surface area contributed by atoms with Crippen molar-refractivity contribution in [3.05, 3.63) is 32.9 Å². The molecule has 1 aromatic heterocycles. The first-order valence-electron chi connectivity index (χ1n) is 9.14. The maximum Gasteiger partial charge on any atom is 0.191 e. The molecule has 0 atom stereocenters. The SMILES string of the molecule is CCC(=O)CCCCCCCCc1oc(C)c(CC)c(=O)c1C. The van der Waals surface area contributed by atoms with Gasteiger partial charge in [-0.25, -0.2) is 0 Å². The zero-order chi connectivity index (χ0) is 17.2. The van der Waals surface area contributed by atoms with Gasteiger partial charge < -0.3 is 4.42 Å². The van der Waals surface area contributed by atoms with Crippen LogP contribution in [0.1, 0.15) is 87.9 Å². The molecule has 0 aliphatic heterocycles. The molecular weight excluding hydrogens is 288 g/mol. The van der Waals surface area contributed by atoms with Gasteiger partial charge in [0, 0.05) is 30.4 Å². The number of carbonyl (C=O) groups excluding carboxylic acids is 1. The highest BCUT2D eigenvalue weighted by atomic mass is 16.3. The molecule has 0 aromatic carbocycles. The van der Waals surface area contributed by atoms with Crippen LogP contribution in [0, 0.1) is 13.8 Å². The van der Waals surface area contributed by atoms with Gasteiger partial charge in [-0.05, 0) is 33.1 Å². The van der Waals surface area contributed by atoms with Gasteiger partial charge in [-0.1, -0.05) is 39.5 Å². The molecule has 1 rings (SSSR count). The Morgan fingerprint density at radius 3 is 2.17 bits per heavy atom. The topological polar surface area (TPSA) is 47.3 Å². The molecule has 23 heavy (non-hydrogen) atoms. The lowest BCUT2D eigenvalue weighted by molar-refractivity contribution is -0.118. The number of aryl methyl sites for hydroxylation is 2. The molecule has 0 spiro atoms. The van der Waals surface area contributed by atoms with Gasteiger partial charge in [-0.15, -0.1) is 0 Å². The first kappa shape index (κ1) is 19.7. The quantitative estimate of drug-likeness (QED) is 0.535. The summed E-state index contributed by atoms with van der Waals surface area (Å²) in [6.45, 7) is 7.69. The molecule has 0 aliphatic rings. The van der Waals surface area contributed by atoms with Crippen LogP contribution in [0.5, 0.6) is 0 Å². The molecule has 0 saturated carbocycles. The van der Waals surface area contributed by atoms with Crippen molar-refractivity contribution in [2.45, 2.75) is 91.9 Å². The maximum absolute atomic E-state index is 12.2. The minimum atomic E-state index is 0.159. The predicted molar refractivity (Wildman–Crippen MR) is 95.2 cm³/mol. The number of ketones is 1. The van der Waals surface area contributed by atoms with E-state index in [1.807, 2.05) is 27.7 Å². The lowest BCUT2D eigenvalue weighted by Crippen LogP contribution is -2.15. The number of Topliss-reactive ketones (excluding diaryl/α,β-unsaturated/α-hetero) is 1. The minimum Gasteiger partial charge on any atom is -0.466 e. The predicted octanol–water partition coefficient (Wildman–Crippen LogP) is 5.07. The van der Waals surface area contributed by atoms with Crippen LogP contribution in [-0.2, 0) is 17.6 Å². The summed E-state index contributed by atoms with van der Waals surface area (Å²) in [4.78, 5) is 23.4. The van der Waals surface area contributed by atoms with E-state index in [0.29, 0.717) is 12.2 Å². The molecule has 3 nitrogen and oxygen atoms in total. The molecular formula is C20H32O3. The van der Waals surface area contributed by atoms with Gasteiger partial charge in [0.25, 0.3) is 0 Å². The summed E-state index contributed by atoms with van der Waals surface area (Å²) >= 11 is 0. The van der Waals surface area contributed by atoms with E-state index >= 15 is 0 Å². The Balaban J connectivity index is 2.29. The van der Waals surface area contributed by atoms with Crippen molar-refractivity contribution in [3.63, 3.8) is 0 Å². The van der Waals surface area contributed by atoms with Gasteiger partial charge in [0.1, 0.15) is 17.3 Å². The Bertz CT molecular complexity index is 555. The van der Waals surface area contributed by atoms with Crippen LogP contribution in [0.3, 0.4) is 0 Å². The minimum absolute atomic E-state index is 0.159. The third-order valence-electron chi connectivity index (χ3n) is 4.59. The average Bonchev–Trinajstić information content (AvgIpc) is 2.54. The second-order valence-corrected chi connectivity index (χ2v) is 6.38. The van der Waals surface area contributed by atoms with Crippen molar-refractivity contribution in [2.75, 3.05) is 0 Å². The summed E-state index contributed by atoms with van der Waals surface area (Å²) in [7, 11) is 0. The lowest BCUT2D eigenvalue weighted by Gasteiger charge is -2.09. The number of hydrogen-bond donors (Lipinski definition) is 0. The van der Waals surface area contributed by atoms with Crippen molar-refractivity contribution in [1.82, 2.24) is 0 Å². The molecule has 0 radical (unpaired) electrons. The van der Waals surface area contributed by atoms with Crippen molar-refractivity contribution < 1.29 is 9.21 Å². The maximum atomic E-state index is 12.2. The molecule has 0 bridgehead atoms. The Labute approximate surface area is 140 Å². The molecule has 0 N–H and O–H groups in total. The van der Waals surface area contributed by atoms with Gasteiger partial charge >= 0.3 is 0 Å². The third kappa shape index (κ3) is 6.32. The van der Waals surface area contributed by atoms with Crippen LogP contribution in [0.15, 0.2) is 9.21 Å². The van der Waals surface area contributed by atoms with Crippen LogP contribution in [0.2, 0.25) is 0 Å². The van der Waals surface area contributed by atoms with E-state index in [-0.39, 0.29) is 5.43 Å². The van der Waals surface area contributed by atoms with Gasteiger partial charge in [-0.3, -0.25) is 9.59 Å². The summed E-state index contributed by atoms with van der Waals surface area (Å²) in [5.74, 6) is 2.01. The fourth-order valence-electron chi connectivity index (χ4n) is 2.98. The monoisotopic (exact) mass is 320 g/mol. The Morgan fingerprint density at radius 2 is 1.57 bits per heavy atom. The van der Waals surface area contributed by atoms with E-state index in [4.69, 9.17) is 4.42 Å². The van der Waals surface area contributed by atoms with E-state index in [9.17, 15) is 9.59 Å². The van der Waals surface area contributed by atoms with Crippen LogP contribution >= 0.6 is 0 Å². The van der Waals surface area contributed by atoms with E-state index in [0.717, 1.165) is 67.6 Å². The molecule has 1 heterocycles. The standard InChI is InChI=1S/C20H32O3/c1-5-17(21)13-11-9-7-8-10-12-14-19-15(3)20(22)18(6-2)16(4)23-19/h5-14H2,1-4H3. The van der Waals surface area contributed by atoms with Crippen LogP contribution in [0.25, 0.3) is 0 Å². The Morgan fingerprint density at radius 1 is 0.957 bits per heavy atom. The largest absolute Gasteiger partial charge is 0.466 e. The van der Waals surface area contributed by atoms with E-state index in [1.165, 1.54) is 12.8 Å². The number of unbranched alkanes of at least 4 members (excludes halogenated alkanes) is 5. The molecule has 0 saturated heterocycles. The zero-order valence-corrected chi connectivity index (χ0v) is 15.3. The van der Waals surface area contributed by atoms with E-state index in [2.05, 4.69) is 0 Å². The van der Waals surface area contributed by atoms with Gasteiger partial charge in [0.15, 0.2) is 5.43 Å². The lowest BCUT2D eigenvalue weighted by atomic mass is 10.0. The highest BCUT2D eigenvalue weighted by Gasteiger charge is 2.12. The summed E-state index contributed by atoms with van der Waals surface area (Å²) < 4.78 is 5.86. The van der Waals surface area contributed by atoms with E-state index < -0.39 is 0 Å². The van der Waals surface area contributed by atoms with Crippen LogP contribution < -0.4 is 5.43 Å². The van der Waals surface area contributed by atoms with E-state index in [1.54, 1.807) is 0 Å². The molecule has 3 heteroatoms. The van der Waals surface area contributed by atoms with Crippen LogP contribution in [-0.4, -0.2) is 5.78 Å². The summed E-state index contributed by atoms with van der Waals surface area (Å²) in [6.07, 6.45) is 9.74. The molecule has 0 unspecified atom stereocenters. The smallest absolute Gasteiger partial charge is 0.191 e. The molecule has 0 amide bonds. The first-order chi connectivity index (χ1) is 11.0. The molecule has 1 aromatic rings. The molecule has 0 fully saturated rings. The zero-order valence-electron chi connectivity index (χ0n) is 15.3. The Kier molecular flexibility index (Phi) is 8.90. The van der Waals surface area contributed by atoms with Gasteiger partial charge in [0.05, 0.1) is 0 Å². The third-order valence-corrected chi connectivity index (χ3v) is 4.59. The molecule has 0 aliphatic carbocycles. The summed E-state index contributed by atoms with van der Waals surface area (Å²) in [5.41, 5.74) is 1.75. The average molecular weight is 320 g/mol. The number of rotatable bonds is 11. The summed E-state index contributed by atoms with van der Waals surface area (Å²) in [6, 6.07) is 0. The van der Waals surface area contributed by atoms with Crippen molar-refractivity contribution >= 4 is 5.78 Å². The van der Waals surface area contributed by atoms with Crippen LogP contribution in [0.4, 0.5) is 0 Å². The van der Waals surface area contributed by atoms with Gasteiger partial charge in [0.2, 0.25) is 0 Å². The fraction of sp³-hybridized carbons (Fsp3) is 0.700. The summed E-state index contributed by atoms with van der Waals surface area (Å²) in [5, 5.41) is 0. The van der Waals surface area contributed by atoms with Gasteiger partial charge in [-0.2, -0.15) is 0 Å². The first-order valence-corrected chi connectivity index (χ1v) is 9.14. The van der Waals surface area contributed by atoms with Crippen molar-refractivity contribution in [1.29, 1.82) is 0 Å². The fourth-order valence-corrected chi connectivity index (χ4v) is 2.98. The van der Waals surface area contributed by atoms with Crippen molar-refractivity contribution in [3.8, 4) is 0 Å². The molecule has 130 valence electrons. The highest BCUT2D eigenvalue weighted by molar-refractivity contribution is 5.77. The highest BCUT2D eigenvalue weighted by Crippen LogP contribution is 2.16.